The Hall–Kier alpha value is -2.47. The summed E-state index contributed by atoms with van der Waals surface area (Å²) in [4.78, 5) is 6.51. The molecular weight excluding hydrogens is 302 g/mol. The van der Waals surface area contributed by atoms with Crippen molar-refractivity contribution in [3.8, 4) is 5.69 Å². The lowest BCUT2D eigenvalue weighted by Crippen LogP contribution is -2.23. The summed E-state index contributed by atoms with van der Waals surface area (Å²) in [6.45, 7) is 6.10. The van der Waals surface area contributed by atoms with Gasteiger partial charge in [0.25, 0.3) is 0 Å². The second-order valence-corrected chi connectivity index (χ2v) is 6.37. The molecule has 4 rings (SSSR count). The fourth-order valence-corrected chi connectivity index (χ4v) is 3.64. The van der Waals surface area contributed by atoms with Crippen LogP contribution in [0.5, 0.6) is 0 Å². The molecule has 1 aromatic carbocycles. The van der Waals surface area contributed by atoms with Gasteiger partial charge in [0.1, 0.15) is 18.4 Å². The summed E-state index contributed by atoms with van der Waals surface area (Å²) < 4.78 is 7.14. The van der Waals surface area contributed by atoms with Crippen LogP contribution in [0, 0.1) is 13.8 Å². The molecule has 0 N–H and O–H groups in total. The first-order chi connectivity index (χ1) is 11.7. The van der Waals surface area contributed by atoms with Crippen LogP contribution in [0.15, 0.2) is 41.4 Å². The third kappa shape index (κ3) is 2.73. The van der Waals surface area contributed by atoms with Gasteiger partial charge in [0.15, 0.2) is 0 Å². The quantitative estimate of drug-likeness (QED) is 0.738. The van der Waals surface area contributed by atoms with Crippen molar-refractivity contribution in [1.29, 1.82) is 0 Å². The molecule has 1 fully saturated rings. The molecule has 0 bridgehead atoms. The van der Waals surface area contributed by atoms with Gasteiger partial charge in [0.05, 0.1) is 11.4 Å². The van der Waals surface area contributed by atoms with Crippen LogP contribution in [-0.2, 0) is 6.54 Å². The van der Waals surface area contributed by atoms with Gasteiger partial charge >= 0.3 is 0 Å². The highest BCUT2D eigenvalue weighted by Crippen LogP contribution is 2.36. The van der Waals surface area contributed by atoms with E-state index in [1.165, 1.54) is 24.0 Å². The number of aryl methyl sites for hydroxylation is 2. The van der Waals surface area contributed by atoms with Crippen LogP contribution in [0.1, 0.15) is 41.5 Å². The molecule has 0 unspecified atom stereocenters. The van der Waals surface area contributed by atoms with Gasteiger partial charge in [-0.2, -0.15) is 5.10 Å². The number of aromatic nitrogens is 4. The second kappa shape index (κ2) is 6.20. The Kier molecular flexibility index (Phi) is 3.90. The van der Waals surface area contributed by atoms with Crippen molar-refractivity contribution < 1.29 is 4.52 Å². The smallest absolute Gasteiger partial charge is 0.138 e. The van der Waals surface area contributed by atoms with Gasteiger partial charge in [-0.3, -0.25) is 4.90 Å². The normalized spacial score (nSPS) is 18.3. The van der Waals surface area contributed by atoms with E-state index in [-0.39, 0.29) is 0 Å². The third-order valence-corrected chi connectivity index (χ3v) is 4.79. The van der Waals surface area contributed by atoms with E-state index in [4.69, 9.17) is 4.52 Å². The number of hydrogen-bond donors (Lipinski definition) is 0. The van der Waals surface area contributed by atoms with Crippen molar-refractivity contribution >= 4 is 0 Å². The average Bonchev–Trinajstić information content (AvgIpc) is 3.31. The molecule has 3 heterocycles. The van der Waals surface area contributed by atoms with E-state index in [9.17, 15) is 0 Å². The van der Waals surface area contributed by atoms with Crippen LogP contribution in [0.2, 0.25) is 0 Å². The van der Waals surface area contributed by atoms with Crippen LogP contribution in [-0.4, -0.2) is 31.4 Å². The molecule has 24 heavy (non-hydrogen) atoms. The minimum Gasteiger partial charge on any atom is -0.361 e. The van der Waals surface area contributed by atoms with Crippen LogP contribution in [0.3, 0.4) is 0 Å². The molecule has 2 aromatic heterocycles. The number of nitrogens with zero attached hydrogens (tertiary/aromatic N) is 5. The first kappa shape index (κ1) is 15.1. The van der Waals surface area contributed by atoms with Gasteiger partial charge in [-0.15, -0.1) is 0 Å². The molecule has 0 amide bonds. The molecule has 1 aliphatic heterocycles. The van der Waals surface area contributed by atoms with E-state index in [0.29, 0.717) is 6.04 Å². The van der Waals surface area contributed by atoms with Gasteiger partial charge in [-0.25, -0.2) is 9.67 Å². The van der Waals surface area contributed by atoms with Crippen molar-refractivity contribution in [1.82, 2.24) is 24.8 Å². The van der Waals surface area contributed by atoms with Crippen molar-refractivity contribution in [2.45, 2.75) is 39.3 Å². The third-order valence-electron chi connectivity index (χ3n) is 4.79. The predicted molar refractivity (Wildman–Crippen MR) is 89.7 cm³/mol. The fraction of sp³-hybridized carbons (Fsp3) is 0.389. The molecule has 0 saturated carbocycles. The molecule has 6 heteroatoms. The molecule has 0 spiro atoms. The average molecular weight is 323 g/mol. The summed E-state index contributed by atoms with van der Waals surface area (Å²) in [5.74, 6) is 0.950. The summed E-state index contributed by atoms with van der Waals surface area (Å²) >= 11 is 0. The lowest BCUT2D eigenvalue weighted by Gasteiger charge is -2.24. The Balaban J connectivity index is 1.52. The molecule has 6 nitrogen and oxygen atoms in total. The van der Waals surface area contributed by atoms with Gasteiger partial charge < -0.3 is 4.52 Å². The maximum absolute atomic E-state index is 5.37. The SMILES string of the molecule is Cc1noc(C)c1[C@@H]1CCCN1Cc1ccc(-n2cncn2)cc1. The summed E-state index contributed by atoms with van der Waals surface area (Å²) in [7, 11) is 0. The van der Waals surface area contributed by atoms with Crippen LogP contribution in [0.4, 0.5) is 0 Å². The lowest BCUT2D eigenvalue weighted by molar-refractivity contribution is 0.245. The van der Waals surface area contributed by atoms with E-state index in [0.717, 1.165) is 30.2 Å². The highest BCUT2D eigenvalue weighted by atomic mass is 16.5. The largest absolute Gasteiger partial charge is 0.361 e. The Morgan fingerprint density at radius 2 is 2.04 bits per heavy atom. The van der Waals surface area contributed by atoms with E-state index >= 15 is 0 Å². The topological polar surface area (TPSA) is 60.0 Å². The summed E-state index contributed by atoms with van der Waals surface area (Å²) in [6.07, 6.45) is 5.64. The molecule has 3 aromatic rings. The zero-order chi connectivity index (χ0) is 16.5. The lowest BCUT2D eigenvalue weighted by atomic mass is 10.0. The Morgan fingerprint density at radius 1 is 1.21 bits per heavy atom. The molecule has 0 aliphatic carbocycles. The van der Waals surface area contributed by atoms with Crippen molar-refractivity contribution in [2.75, 3.05) is 6.54 Å². The van der Waals surface area contributed by atoms with Crippen molar-refractivity contribution in [3.05, 3.63) is 59.5 Å². The van der Waals surface area contributed by atoms with Crippen molar-refractivity contribution in [2.24, 2.45) is 0 Å². The standard InChI is InChI=1S/C18H21N5O/c1-13-18(14(2)24-21-13)17-4-3-9-22(17)10-15-5-7-16(8-6-15)23-12-19-11-20-23/h5-8,11-12,17H,3-4,9-10H2,1-2H3/t17-/m0/s1. The maximum Gasteiger partial charge on any atom is 0.138 e. The van der Waals surface area contributed by atoms with Crippen LogP contribution in [0.25, 0.3) is 5.69 Å². The van der Waals surface area contributed by atoms with Crippen LogP contribution < -0.4 is 0 Å². The molecule has 1 atom stereocenters. The fourth-order valence-electron chi connectivity index (χ4n) is 3.64. The Bertz CT molecular complexity index is 787. The summed E-state index contributed by atoms with van der Waals surface area (Å²) in [5.41, 5.74) is 4.62. The van der Waals surface area contributed by atoms with Crippen LogP contribution >= 0.6 is 0 Å². The van der Waals surface area contributed by atoms with Crippen molar-refractivity contribution in [3.63, 3.8) is 0 Å². The van der Waals surface area contributed by atoms with E-state index in [2.05, 4.69) is 44.4 Å². The van der Waals surface area contributed by atoms with Gasteiger partial charge in [0, 0.05) is 18.2 Å². The number of hydrogen-bond acceptors (Lipinski definition) is 5. The number of likely N-dealkylation sites (tertiary alicyclic amines) is 1. The molecule has 124 valence electrons. The predicted octanol–water partition coefficient (Wildman–Crippen LogP) is 3.21. The zero-order valence-electron chi connectivity index (χ0n) is 14.0. The van der Waals surface area contributed by atoms with E-state index < -0.39 is 0 Å². The number of benzene rings is 1. The molecular formula is C18H21N5O. The zero-order valence-corrected chi connectivity index (χ0v) is 14.0. The number of rotatable bonds is 4. The molecule has 1 saturated heterocycles. The molecule has 0 radical (unpaired) electrons. The highest BCUT2D eigenvalue weighted by molar-refractivity contribution is 5.33. The van der Waals surface area contributed by atoms with Gasteiger partial charge in [-0.1, -0.05) is 17.3 Å². The van der Waals surface area contributed by atoms with E-state index in [1.807, 2.05) is 13.8 Å². The summed E-state index contributed by atoms with van der Waals surface area (Å²) in [6, 6.07) is 8.92. The maximum atomic E-state index is 5.37. The molecule has 1 aliphatic rings. The first-order valence-electron chi connectivity index (χ1n) is 8.33. The van der Waals surface area contributed by atoms with Gasteiger partial charge in [0.2, 0.25) is 0 Å². The first-order valence-corrected chi connectivity index (χ1v) is 8.33. The minimum absolute atomic E-state index is 0.409. The Labute approximate surface area is 141 Å². The Morgan fingerprint density at radius 3 is 2.71 bits per heavy atom. The highest BCUT2D eigenvalue weighted by Gasteiger charge is 2.30. The minimum atomic E-state index is 0.409. The second-order valence-electron chi connectivity index (χ2n) is 6.37. The van der Waals surface area contributed by atoms with E-state index in [1.54, 1.807) is 17.3 Å². The summed E-state index contributed by atoms with van der Waals surface area (Å²) in [5, 5.41) is 8.29. The van der Waals surface area contributed by atoms with Gasteiger partial charge in [-0.05, 0) is 50.9 Å². The monoisotopic (exact) mass is 323 g/mol.